The zero-order chi connectivity index (χ0) is 6.91. The van der Waals surface area contributed by atoms with Crippen molar-refractivity contribution in [2.24, 2.45) is 5.73 Å². The summed E-state index contributed by atoms with van der Waals surface area (Å²) in [5.74, 6) is 0. The second-order valence-electron chi connectivity index (χ2n) is 2.52. The molecule has 9 heavy (non-hydrogen) atoms. The molecule has 0 saturated heterocycles. The van der Waals surface area contributed by atoms with E-state index in [4.69, 9.17) is 10.8 Å². The zero-order valence-electron chi connectivity index (χ0n) is 5.05. The van der Waals surface area contributed by atoms with Crippen molar-refractivity contribution < 1.29 is 9.90 Å². The molecule has 4 nitrogen and oxygen atoms in total. The molecule has 1 saturated carbocycles. The highest BCUT2D eigenvalue weighted by atomic mass is 16.4. The molecular weight excluding hydrogens is 120 g/mol. The van der Waals surface area contributed by atoms with Crippen molar-refractivity contribution in [1.82, 2.24) is 5.32 Å². The molecule has 1 fully saturated rings. The predicted molar refractivity (Wildman–Crippen MR) is 32.2 cm³/mol. The second kappa shape index (κ2) is 1.88. The molecule has 4 N–H and O–H groups in total. The SMILES string of the molecule is NC1(CNC(=O)O)CC1. The van der Waals surface area contributed by atoms with Gasteiger partial charge in [-0.25, -0.2) is 4.79 Å². The Morgan fingerprint density at radius 3 is 2.67 bits per heavy atom. The lowest BCUT2D eigenvalue weighted by Crippen LogP contribution is -2.38. The average Bonchev–Trinajstić information content (AvgIpc) is 2.45. The monoisotopic (exact) mass is 130 g/mol. The van der Waals surface area contributed by atoms with Crippen molar-refractivity contribution in [1.29, 1.82) is 0 Å². The van der Waals surface area contributed by atoms with Gasteiger partial charge < -0.3 is 16.2 Å². The molecule has 0 bridgehead atoms. The first-order valence-electron chi connectivity index (χ1n) is 2.88. The predicted octanol–water partition coefficient (Wildman–Crippen LogP) is -0.255. The fraction of sp³-hybridized carbons (Fsp3) is 0.800. The van der Waals surface area contributed by atoms with E-state index < -0.39 is 6.09 Å². The first-order chi connectivity index (χ1) is 4.12. The van der Waals surface area contributed by atoms with Gasteiger partial charge in [0.2, 0.25) is 0 Å². The molecule has 0 aromatic rings. The van der Waals surface area contributed by atoms with Gasteiger partial charge in [-0.1, -0.05) is 0 Å². The van der Waals surface area contributed by atoms with Crippen molar-refractivity contribution >= 4 is 6.09 Å². The summed E-state index contributed by atoms with van der Waals surface area (Å²) in [6.45, 7) is 0.391. The summed E-state index contributed by atoms with van der Waals surface area (Å²) in [6, 6.07) is 0. The van der Waals surface area contributed by atoms with Crippen LogP contribution in [0.1, 0.15) is 12.8 Å². The first-order valence-corrected chi connectivity index (χ1v) is 2.88. The molecule has 1 aliphatic rings. The molecule has 52 valence electrons. The van der Waals surface area contributed by atoms with Crippen LogP contribution in [0.4, 0.5) is 4.79 Å². The number of nitrogens with two attached hydrogens (primary N) is 1. The Labute approximate surface area is 53.0 Å². The van der Waals surface area contributed by atoms with Crippen LogP contribution in [0.3, 0.4) is 0 Å². The number of amides is 1. The first kappa shape index (κ1) is 6.35. The normalized spacial score (nSPS) is 21.0. The van der Waals surface area contributed by atoms with Gasteiger partial charge in [0.1, 0.15) is 0 Å². The largest absolute Gasteiger partial charge is 0.465 e. The van der Waals surface area contributed by atoms with E-state index in [1.54, 1.807) is 0 Å². The minimum absolute atomic E-state index is 0.210. The van der Waals surface area contributed by atoms with Gasteiger partial charge in [0.25, 0.3) is 0 Å². The molecule has 1 rings (SSSR count). The highest BCUT2D eigenvalue weighted by Gasteiger charge is 2.38. The van der Waals surface area contributed by atoms with E-state index in [1.807, 2.05) is 0 Å². The van der Waals surface area contributed by atoms with E-state index in [0.29, 0.717) is 6.54 Å². The number of hydrogen-bond donors (Lipinski definition) is 3. The fourth-order valence-corrected chi connectivity index (χ4v) is 0.589. The van der Waals surface area contributed by atoms with E-state index >= 15 is 0 Å². The summed E-state index contributed by atoms with van der Waals surface area (Å²) in [5.41, 5.74) is 5.36. The molecular formula is C5H10N2O2. The lowest BCUT2D eigenvalue weighted by atomic mass is 10.3. The lowest BCUT2D eigenvalue weighted by molar-refractivity contribution is 0.193. The summed E-state index contributed by atoms with van der Waals surface area (Å²) in [5, 5.41) is 10.4. The van der Waals surface area contributed by atoms with Crippen LogP contribution in [0, 0.1) is 0 Å². The van der Waals surface area contributed by atoms with E-state index in [2.05, 4.69) is 5.32 Å². The van der Waals surface area contributed by atoms with Crippen LogP contribution in [0.15, 0.2) is 0 Å². The molecule has 0 aliphatic heterocycles. The van der Waals surface area contributed by atoms with Crippen LogP contribution in [0.2, 0.25) is 0 Å². The molecule has 0 aromatic heterocycles. The Balaban J connectivity index is 2.12. The third-order valence-electron chi connectivity index (χ3n) is 1.48. The smallest absolute Gasteiger partial charge is 0.404 e. The van der Waals surface area contributed by atoms with Gasteiger partial charge in [0.15, 0.2) is 0 Å². The second-order valence-corrected chi connectivity index (χ2v) is 2.52. The van der Waals surface area contributed by atoms with Crippen LogP contribution in [0.25, 0.3) is 0 Å². The maximum absolute atomic E-state index is 9.91. The Bertz CT molecular complexity index is 131. The van der Waals surface area contributed by atoms with Crippen LogP contribution in [0.5, 0.6) is 0 Å². The lowest BCUT2D eigenvalue weighted by Gasteiger charge is -2.05. The van der Waals surface area contributed by atoms with Crippen LogP contribution in [-0.2, 0) is 0 Å². The van der Waals surface area contributed by atoms with Gasteiger partial charge in [-0.05, 0) is 12.8 Å². The topological polar surface area (TPSA) is 75.3 Å². The molecule has 0 heterocycles. The number of carbonyl (C=O) groups is 1. The third kappa shape index (κ3) is 1.89. The highest BCUT2D eigenvalue weighted by molar-refractivity contribution is 5.64. The van der Waals surface area contributed by atoms with E-state index in [1.165, 1.54) is 0 Å². The summed E-state index contributed by atoms with van der Waals surface area (Å²) in [7, 11) is 0. The van der Waals surface area contributed by atoms with Gasteiger partial charge in [-0.15, -0.1) is 0 Å². The van der Waals surface area contributed by atoms with Crippen molar-refractivity contribution in [2.75, 3.05) is 6.54 Å². The Morgan fingerprint density at radius 1 is 1.78 bits per heavy atom. The fourth-order valence-electron chi connectivity index (χ4n) is 0.589. The van der Waals surface area contributed by atoms with Crippen molar-refractivity contribution in [3.63, 3.8) is 0 Å². The van der Waals surface area contributed by atoms with Gasteiger partial charge in [0.05, 0.1) is 0 Å². The summed E-state index contributed by atoms with van der Waals surface area (Å²) in [4.78, 5) is 9.91. The number of hydrogen-bond acceptors (Lipinski definition) is 2. The van der Waals surface area contributed by atoms with Crippen LogP contribution in [-0.4, -0.2) is 23.3 Å². The van der Waals surface area contributed by atoms with Crippen molar-refractivity contribution in [3.05, 3.63) is 0 Å². The molecule has 0 aromatic carbocycles. The minimum Gasteiger partial charge on any atom is -0.465 e. The van der Waals surface area contributed by atoms with E-state index in [0.717, 1.165) is 12.8 Å². The highest BCUT2D eigenvalue weighted by Crippen LogP contribution is 2.30. The molecule has 0 atom stereocenters. The summed E-state index contributed by atoms with van der Waals surface area (Å²) >= 11 is 0. The molecule has 1 amide bonds. The Hall–Kier alpha value is -0.770. The van der Waals surface area contributed by atoms with Crippen LogP contribution >= 0.6 is 0 Å². The van der Waals surface area contributed by atoms with Gasteiger partial charge in [0, 0.05) is 12.1 Å². The van der Waals surface area contributed by atoms with Gasteiger partial charge in [-0.2, -0.15) is 0 Å². The Morgan fingerprint density at radius 2 is 2.33 bits per heavy atom. The quantitative estimate of drug-likeness (QED) is 0.482. The number of carboxylic acid groups (broad SMARTS) is 1. The van der Waals surface area contributed by atoms with Crippen LogP contribution < -0.4 is 11.1 Å². The molecule has 0 unspecified atom stereocenters. The summed E-state index contributed by atoms with van der Waals surface area (Å²) < 4.78 is 0. The zero-order valence-corrected chi connectivity index (χ0v) is 5.05. The standard InChI is InChI=1S/C5H10N2O2/c6-5(1-2-5)3-7-4(8)9/h7H,1-3,6H2,(H,8,9). The molecule has 0 spiro atoms. The third-order valence-corrected chi connectivity index (χ3v) is 1.48. The average molecular weight is 130 g/mol. The molecule has 4 heteroatoms. The number of nitrogens with one attached hydrogen (secondary N) is 1. The van der Waals surface area contributed by atoms with Gasteiger partial charge in [-0.3, -0.25) is 0 Å². The number of rotatable bonds is 2. The Kier molecular flexibility index (Phi) is 1.32. The summed E-state index contributed by atoms with van der Waals surface area (Å²) in [6.07, 6.45) is 0.882. The minimum atomic E-state index is -0.994. The van der Waals surface area contributed by atoms with Crippen molar-refractivity contribution in [3.8, 4) is 0 Å². The molecule has 0 radical (unpaired) electrons. The van der Waals surface area contributed by atoms with E-state index in [-0.39, 0.29) is 5.54 Å². The van der Waals surface area contributed by atoms with Crippen molar-refractivity contribution in [2.45, 2.75) is 18.4 Å². The van der Waals surface area contributed by atoms with Gasteiger partial charge >= 0.3 is 6.09 Å². The molecule has 1 aliphatic carbocycles. The maximum Gasteiger partial charge on any atom is 0.404 e. The maximum atomic E-state index is 9.91. The van der Waals surface area contributed by atoms with E-state index in [9.17, 15) is 4.79 Å².